The van der Waals surface area contributed by atoms with Crippen LogP contribution in [-0.4, -0.2) is 38.3 Å². The zero-order valence-corrected chi connectivity index (χ0v) is 23.5. The number of aromatic nitrogens is 3. The van der Waals surface area contributed by atoms with E-state index in [-0.39, 0.29) is 41.0 Å². The van der Waals surface area contributed by atoms with E-state index in [4.69, 9.17) is 16.7 Å². The number of nitrogens with one attached hydrogen (secondary N) is 1. The smallest absolute Gasteiger partial charge is 0.417 e. The van der Waals surface area contributed by atoms with Crippen LogP contribution in [0.1, 0.15) is 59.9 Å². The highest BCUT2D eigenvalue weighted by molar-refractivity contribution is 6.33. The third-order valence-corrected chi connectivity index (χ3v) is 6.98. The first-order chi connectivity index (χ1) is 20.1. The first-order valence-electron chi connectivity index (χ1n) is 13.0. The number of carbonyl (C=O) groups is 2. The lowest BCUT2D eigenvalue weighted by atomic mass is 9.94. The Morgan fingerprint density at radius 1 is 0.977 bits per heavy atom. The highest BCUT2D eigenvalue weighted by Crippen LogP contribution is 2.45. The van der Waals surface area contributed by atoms with E-state index in [2.05, 4.69) is 15.4 Å². The normalized spacial score (nSPS) is 13.0. The lowest BCUT2D eigenvalue weighted by Crippen LogP contribution is -2.27. The fraction of sp³-hybridized carbons (Fsp3) is 0.310. The van der Waals surface area contributed by atoms with Gasteiger partial charge in [-0.05, 0) is 47.7 Å². The van der Waals surface area contributed by atoms with E-state index in [9.17, 15) is 35.9 Å². The summed E-state index contributed by atoms with van der Waals surface area (Å²) in [4.78, 5) is 27.1. The number of carboxylic acid groups (broad SMARTS) is 1. The van der Waals surface area contributed by atoms with Crippen molar-refractivity contribution in [1.29, 1.82) is 0 Å². The van der Waals surface area contributed by atoms with Gasteiger partial charge >= 0.3 is 18.3 Å². The van der Waals surface area contributed by atoms with Crippen LogP contribution in [0.15, 0.2) is 54.9 Å². The molecule has 2 heterocycles. The van der Waals surface area contributed by atoms with Crippen molar-refractivity contribution < 1.29 is 41.0 Å². The standard InChI is InChI=1S/C29H25ClF6N4O3/c1-15(2)11-24(16-3-7-22(38-13-16)27(43)37-10-9-25(41)42)40-23-8-6-19(26(29(34,35)36)20(23)14-39-40)18-5-4-17(12-21(18)30)28(31,32)33/h3-8,12-15,24H,9-11H2,1-2H3,(H,37,43)(H,41,42). The molecule has 1 atom stereocenters. The van der Waals surface area contributed by atoms with Gasteiger partial charge in [0.2, 0.25) is 0 Å². The van der Waals surface area contributed by atoms with Crippen molar-refractivity contribution in [2.45, 2.75) is 45.1 Å². The Balaban J connectivity index is 1.78. The molecule has 0 fully saturated rings. The predicted octanol–water partition coefficient (Wildman–Crippen LogP) is 7.63. The minimum atomic E-state index is -4.90. The molecule has 4 aromatic rings. The number of carboxylic acids is 1. The van der Waals surface area contributed by atoms with Crippen LogP contribution in [0.5, 0.6) is 0 Å². The topological polar surface area (TPSA) is 97.1 Å². The Labute approximate surface area is 246 Å². The summed E-state index contributed by atoms with van der Waals surface area (Å²) in [5.41, 5.74) is -2.06. The lowest BCUT2D eigenvalue weighted by Gasteiger charge is -2.22. The van der Waals surface area contributed by atoms with E-state index in [0.29, 0.717) is 24.1 Å². The molecule has 2 aromatic carbocycles. The zero-order valence-electron chi connectivity index (χ0n) is 22.7. The summed E-state index contributed by atoms with van der Waals surface area (Å²) < 4.78 is 84.4. The van der Waals surface area contributed by atoms with E-state index in [1.807, 2.05) is 13.8 Å². The van der Waals surface area contributed by atoms with Gasteiger partial charge in [-0.25, -0.2) is 0 Å². The average Bonchev–Trinajstić information content (AvgIpc) is 3.33. The second-order valence-corrected chi connectivity index (χ2v) is 10.6. The maximum absolute atomic E-state index is 14.5. The third kappa shape index (κ3) is 7.10. The van der Waals surface area contributed by atoms with Crippen LogP contribution in [0.3, 0.4) is 0 Å². The number of halogens is 7. The van der Waals surface area contributed by atoms with Gasteiger partial charge in [-0.3, -0.25) is 19.3 Å². The number of aliphatic carboxylic acids is 1. The molecule has 0 saturated carbocycles. The molecule has 2 aromatic heterocycles. The third-order valence-electron chi connectivity index (χ3n) is 6.67. The number of rotatable bonds is 9. The van der Waals surface area contributed by atoms with E-state index < -0.39 is 52.0 Å². The molecule has 7 nitrogen and oxygen atoms in total. The maximum atomic E-state index is 14.5. The molecule has 0 spiro atoms. The van der Waals surface area contributed by atoms with Crippen LogP contribution in [0, 0.1) is 5.92 Å². The SMILES string of the molecule is CC(C)CC(c1ccc(C(=O)NCCC(=O)O)nc1)n1ncc2c(C(F)(F)F)c(-c3ccc(C(F)(F)F)cc3Cl)ccc21. The molecule has 2 N–H and O–H groups in total. The Hall–Kier alpha value is -4.13. The molecule has 1 amide bonds. The number of fused-ring (bicyclic) bond motifs is 1. The highest BCUT2D eigenvalue weighted by Gasteiger charge is 2.38. The van der Waals surface area contributed by atoms with E-state index in [1.165, 1.54) is 23.0 Å². The Bertz CT molecular complexity index is 1650. The van der Waals surface area contributed by atoms with Gasteiger partial charge in [0, 0.05) is 28.7 Å². The van der Waals surface area contributed by atoms with Gasteiger partial charge in [0.25, 0.3) is 5.91 Å². The Morgan fingerprint density at radius 3 is 2.23 bits per heavy atom. The van der Waals surface area contributed by atoms with Crippen LogP contribution in [0.25, 0.3) is 22.0 Å². The van der Waals surface area contributed by atoms with Crippen molar-refractivity contribution in [2.75, 3.05) is 6.54 Å². The number of alkyl halides is 6. The van der Waals surface area contributed by atoms with Crippen molar-refractivity contribution in [3.05, 3.63) is 82.3 Å². The van der Waals surface area contributed by atoms with Crippen molar-refractivity contribution >= 4 is 34.4 Å². The predicted molar refractivity (Wildman–Crippen MR) is 147 cm³/mol. The summed E-state index contributed by atoms with van der Waals surface area (Å²) >= 11 is 6.06. The minimum Gasteiger partial charge on any atom is -0.481 e. The molecular weight excluding hydrogens is 602 g/mol. The first kappa shape index (κ1) is 31.8. The molecule has 228 valence electrons. The van der Waals surface area contributed by atoms with E-state index >= 15 is 0 Å². The van der Waals surface area contributed by atoms with E-state index in [0.717, 1.165) is 18.3 Å². The number of nitrogens with zero attached hydrogens (tertiary/aromatic N) is 3. The summed E-state index contributed by atoms with van der Waals surface area (Å²) in [6.07, 6.45) is -6.98. The summed E-state index contributed by atoms with van der Waals surface area (Å²) in [5.74, 6) is -1.59. The minimum absolute atomic E-state index is 0.0279. The fourth-order valence-electron chi connectivity index (χ4n) is 4.74. The molecule has 0 aliphatic carbocycles. The molecule has 14 heteroatoms. The zero-order chi connectivity index (χ0) is 31.7. The van der Waals surface area contributed by atoms with Crippen LogP contribution in [0.2, 0.25) is 5.02 Å². The van der Waals surface area contributed by atoms with Crippen LogP contribution in [0.4, 0.5) is 26.3 Å². The Kier molecular flexibility index (Phi) is 9.05. The van der Waals surface area contributed by atoms with Gasteiger partial charge in [-0.2, -0.15) is 31.4 Å². The second kappa shape index (κ2) is 12.2. The number of amides is 1. The number of pyridine rings is 1. The molecule has 0 bridgehead atoms. The molecule has 0 saturated heterocycles. The quantitative estimate of drug-likeness (QED) is 0.186. The van der Waals surface area contributed by atoms with Crippen molar-refractivity contribution in [3.8, 4) is 11.1 Å². The fourth-order valence-corrected chi connectivity index (χ4v) is 5.03. The van der Waals surface area contributed by atoms with Crippen molar-refractivity contribution in [3.63, 3.8) is 0 Å². The number of hydrogen-bond acceptors (Lipinski definition) is 4. The van der Waals surface area contributed by atoms with Crippen molar-refractivity contribution in [2.24, 2.45) is 5.92 Å². The molecular formula is C29H25ClF6N4O3. The largest absolute Gasteiger partial charge is 0.481 e. The van der Waals surface area contributed by atoms with Gasteiger partial charge in [0.15, 0.2) is 0 Å². The van der Waals surface area contributed by atoms with Gasteiger partial charge in [-0.15, -0.1) is 0 Å². The van der Waals surface area contributed by atoms with Crippen LogP contribution in [-0.2, 0) is 17.1 Å². The summed E-state index contributed by atoms with van der Waals surface area (Å²) in [5, 5.41) is 14.7. The molecule has 4 rings (SSSR count). The highest BCUT2D eigenvalue weighted by atomic mass is 35.5. The second-order valence-electron chi connectivity index (χ2n) is 10.2. The molecule has 0 aliphatic rings. The van der Waals surface area contributed by atoms with Crippen LogP contribution < -0.4 is 5.32 Å². The summed E-state index contributed by atoms with van der Waals surface area (Å²) in [6, 6.07) is 7.19. The molecule has 0 radical (unpaired) electrons. The van der Waals surface area contributed by atoms with E-state index in [1.54, 1.807) is 6.07 Å². The molecule has 43 heavy (non-hydrogen) atoms. The number of benzene rings is 2. The Morgan fingerprint density at radius 2 is 1.67 bits per heavy atom. The average molecular weight is 627 g/mol. The first-order valence-corrected chi connectivity index (χ1v) is 13.4. The monoisotopic (exact) mass is 626 g/mol. The lowest BCUT2D eigenvalue weighted by molar-refractivity contribution is -0.138. The molecule has 1 unspecified atom stereocenters. The van der Waals surface area contributed by atoms with Gasteiger partial charge in [0.05, 0.1) is 35.3 Å². The van der Waals surface area contributed by atoms with Crippen LogP contribution >= 0.6 is 11.6 Å². The van der Waals surface area contributed by atoms with Gasteiger partial charge in [0.1, 0.15) is 5.69 Å². The summed E-state index contributed by atoms with van der Waals surface area (Å²) in [6.45, 7) is 3.75. The maximum Gasteiger partial charge on any atom is 0.417 e. The van der Waals surface area contributed by atoms with Crippen molar-refractivity contribution in [1.82, 2.24) is 20.1 Å². The summed E-state index contributed by atoms with van der Waals surface area (Å²) in [7, 11) is 0. The van der Waals surface area contributed by atoms with Gasteiger partial charge in [-0.1, -0.05) is 43.6 Å². The number of hydrogen-bond donors (Lipinski definition) is 2. The molecule has 0 aliphatic heterocycles. The number of carbonyl (C=O) groups excluding carboxylic acids is 1. The van der Waals surface area contributed by atoms with Gasteiger partial charge < -0.3 is 10.4 Å².